The smallest absolute Gasteiger partial charge is 0.137 e. The lowest BCUT2D eigenvalue weighted by molar-refractivity contribution is 0.340. The van der Waals surface area contributed by atoms with E-state index in [1.165, 1.54) is 0 Å². The summed E-state index contributed by atoms with van der Waals surface area (Å²) < 4.78 is 10.5. The van der Waals surface area contributed by atoms with Gasteiger partial charge in [-0.15, -0.1) is 0 Å². The molecule has 21 heavy (non-hydrogen) atoms. The van der Waals surface area contributed by atoms with Gasteiger partial charge < -0.3 is 9.47 Å². The van der Waals surface area contributed by atoms with Gasteiger partial charge in [-0.1, -0.05) is 23.7 Å². The van der Waals surface area contributed by atoms with Crippen molar-refractivity contribution in [1.29, 1.82) is 0 Å². The van der Waals surface area contributed by atoms with Crippen LogP contribution in [0.5, 0.6) is 11.5 Å². The van der Waals surface area contributed by atoms with Crippen LogP contribution in [0, 0.1) is 0 Å². The van der Waals surface area contributed by atoms with E-state index >= 15 is 0 Å². The zero-order valence-corrected chi connectivity index (χ0v) is 12.7. The minimum atomic E-state index is 0.538. The van der Waals surface area contributed by atoms with Crippen LogP contribution >= 0.6 is 11.6 Å². The Kier molecular flexibility index (Phi) is 5.46. The molecule has 0 saturated heterocycles. The fourth-order valence-electron chi connectivity index (χ4n) is 1.77. The molecule has 2 aromatic carbocycles. The van der Waals surface area contributed by atoms with E-state index < -0.39 is 0 Å². The molecule has 2 aromatic rings. The lowest BCUT2D eigenvalue weighted by Gasteiger charge is -2.05. The number of hydrogen-bond donors (Lipinski definition) is 1. The molecule has 0 fully saturated rings. The molecule has 1 N–H and O–H groups in total. The van der Waals surface area contributed by atoms with Crippen LogP contribution in [0.2, 0.25) is 5.02 Å². The van der Waals surface area contributed by atoms with E-state index in [4.69, 9.17) is 21.1 Å². The number of anilines is 1. The van der Waals surface area contributed by atoms with Crippen LogP contribution in [0.4, 0.5) is 5.69 Å². The van der Waals surface area contributed by atoms with E-state index in [0.29, 0.717) is 17.4 Å². The third-order valence-electron chi connectivity index (χ3n) is 2.73. The molecule has 4 nitrogen and oxygen atoms in total. The second-order valence-electron chi connectivity index (χ2n) is 4.22. The van der Waals surface area contributed by atoms with E-state index in [9.17, 15) is 0 Å². The van der Waals surface area contributed by atoms with Gasteiger partial charge in [-0.3, -0.25) is 5.43 Å². The van der Waals surface area contributed by atoms with E-state index in [1.54, 1.807) is 25.5 Å². The van der Waals surface area contributed by atoms with Crippen molar-refractivity contribution in [2.45, 2.75) is 6.92 Å². The quantitative estimate of drug-likeness (QED) is 0.642. The molecule has 0 radical (unpaired) electrons. The third-order valence-corrected chi connectivity index (χ3v) is 3.02. The Morgan fingerprint density at radius 2 is 2.10 bits per heavy atom. The summed E-state index contributed by atoms with van der Waals surface area (Å²) in [6.07, 6.45) is 1.72. The maximum Gasteiger partial charge on any atom is 0.137 e. The topological polar surface area (TPSA) is 42.8 Å². The lowest BCUT2D eigenvalue weighted by atomic mass is 10.2. The average molecular weight is 305 g/mol. The Balaban J connectivity index is 2.02. The average Bonchev–Trinajstić information content (AvgIpc) is 2.48. The van der Waals surface area contributed by atoms with Crippen LogP contribution in [-0.4, -0.2) is 19.9 Å². The summed E-state index contributed by atoms with van der Waals surface area (Å²) in [5, 5.41) is 4.72. The number of hydrogen-bond acceptors (Lipinski definition) is 4. The van der Waals surface area contributed by atoms with Crippen LogP contribution < -0.4 is 14.9 Å². The third kappa shape index (κ3) is 4.39. The van der Waals surface area contributed by atoms with Crippen LogP contribution in [0.3, 0.4) is 0 Å². The molecule has 2 rings (SSSR count). The van der Waals surface area contributed by atoms with Gasteiger partial charge in [0.05, 0.1) is 30.6 Å². The van der Waals surface area contributed by atoms with Crippen molar-refractivity contribution in [2.75, 3.05) is 19.1 Å². The number of benzene rings is 2. The van der Waals surface area contributed by atoms with Crippen molar-refractivity contribution in [2.24, 2.45) is 5.10 Å². The van der Waals surface area contributed by atoms with Gasteiger partial charge in [0.15, 0.2) is 0 Å². The first-order valence-electron chi connectivity index (χ1n) is 6.58. The standard InChI is InChI=1S/C16H17ClN2O2/c1-3-21-14-6-4-5-12(9-14)11-18-19-13-7-8-16(20-2)15(17)10-13/h4-11,19H,3H2,1-2H3/b18-11+. The van der Waals surface area contributed by atoms with Gasteiger partial charge in [-0.2, -0.15) is 5.10 Å². The van der Waals surface area contributed by atoms with Crippen molar-refractivity contribution in [3.8, 4) is 11.5 Å². The van der Waals surface area contributed by atoms with Gasteiger partial charge in [0.2, 0.25) is 0 Å². The fraction of sp³-hybridized carbons (Fsp3) is 0.188. The zero-order valence-electron chi connectivity index (χ0n) is 12.0. The predicted octanol–water partition coefficient (Wildman–Crippen LogP) is 4.19. The molecule has 0 aliphatic heterocycles. The minimum Gasteiger partial charge on any atom is -0.495 e. The molecular formula is C16H17ClN2O2. The van der Waals surface area contributed by atoms with Crippen LogP contribution in [0.15, 0.2) is 47.6 Å². The molecule has 5 heteroatoms. The Hall–Kier alpha value is -2.20. The molecule has 0 aromatic heterocycles. The summed E-state index contributed by atoms with van der Waals surface area (Å²) in [5.74, 6) is 1.46. The van der Waals surface area contributed by atoms with Gasteiger partial charge in [0, 0.05) is 0 Å². The molecule has 0 heterocycles. The first-order chi connectivity index (χ1) is 10.2. The normalized spacial score (nSPS) is 10.6. The highest BCUT2D eigenvalue weighted by molar-refractivity contribution is 6.32. The van der Waals surface area contributed by atoms with Gasteiger partial charge in [-0.25, -0.2) is 0 Å². The van der Waals surface area contributed by atoms with Crippen molar-refractivity contribution in [1.82, 2.24) is 0 Å². The number of nitrogens with zero attached hydrogens (tertiary/aromatic N) is 1. The summed E-state index contributed by atoms with van der Waals surface area (Å²) in [6, 6.07) is 13.1. The molecular weight excluding hydrogens is 288 g/mol. The first kappa shape index (κ1) is 15.2. The summed E-state index contributed by atoms with van der Waals surface area (Å²) in [6.45, 7) is 2.60. The zero-order chi connectivity index (χ0) is 15.1. The number of nitrogens with one attached hydrogen (secondary N) is 1. The van der Waals surface area contributed by atoms with Crippen molar-refractivity contribution in [3.63, 3.8) is 0 Å². The van der Waals surface area contributed by atoms with Gasteiger partial charge in [-0.05, 0) is 42.8 Å². The Morgan fingerprint density at radius 1 is 1.24 bits per heavy atom. The lowest BCUT2D eigenvalue weighted by Crippen LogP contribution is -1.94. The highest BCUT2D eigenvalue weighted by atomic mass is 35.5. The summed E-state index contributed by atoms with van der Waals surface area (Å²) in [4.78, 5) is 0. The molecule has 0 saturated carbocycles. The van der Waals surface area contributed by atoms with Gasteiger partial charge in [0.25, 0.3) is 0 Å². The van der Waals surface area contributed by atoms with Crippen LogP contribution in [0.1, 0.15) is 12.5 Å². The SMILES string of the molecule is CCOc1cccc(/C=N/Nc2ccc(OC)c(Cl)c2)c1. The highest BCUT2D eigenvalue weighted by Crippen LogP contribution is 2.27. The molecule has 0 bridgehead atoms. The molecule has 0 atom stereocenters. The second kappa shape index (κ2) is 7.55. The fourth-order valence-corrected chi connectivity index (χ4v) is 2.03. The Bertz CT molecular complexity index is 629. The molecule has 0 amide bonds. The number of ether oxygens (including phenoxy) is 2. The summed E-state index contributed by atoms with van der Waals surface area (Å²) >= 11 is 6.05. The summed E-state index contributed by atoms with van der Waals surface area (Å²) in [5.41, 5.74) is 4.67. The maximum absolute atomic E-state index is 6.05. The van der Waals surface area contributed by atoms with E-state index in [1.807, 2.05) is 37.3 Å². The summed E-state index contributed by atoms with van der Waals surface area (Å²) in [7, 11) is 1.58. The van der Waals surface area contributed by atoms with Crippen molar-refractivity contribution < 1.29 is 9.47 Å². The maximum atomic E-state index is 6.05. The second-order valence-corrected chi connectivity index (χ2v) is 4.63. The number of halogens is 1. The Labute approximate surface area is 129 Å². The number of methoxy groups -OCH3 is 1. The van der Waals surface area contributed by atoms with E-state index in [-0.39, 0.29) is 0 Å². The number of rotatable bonds is 6. The molecule has 0 aliphatic rings. The van der Waals surface area contributed by atoms with Gasteiger partial charge >= 0.3 is 0 Å². The van der Waals surface area contributed by atoms with Crippen LogP contribution in [0.25, 0.3) is 0 Å². The van der Waals surface area contributed by atoms with E-state index in [0.717, 1.165) is 17.0 Å². The van der Waals surface area contributed by atoms with Gasteiger partial charge in [0.1, 0.15) is 11.5 Å². The highest BCUT2D eigenvalue weighted by Gasteiger charge is 2.00. The largest absolute Gasteiger partial charge is 0.495 e. The molecule has 0 unspecified atom stereocenters. The molecule has 0 aliphatic carbocycles. The first-order valence-corrected chi connectivity index (χ1v) is 6.96. The minimum absolute atomic E-state index is 0.538. The predicted molar refractivity (Wildman–Crippen MR) is 86.8 cm³/mol. The van der Waals surface area contributed by atoms with Crippen molar-refractivity contribution in [3.05, 3.63) is 53.1 Å². The molecule has 110 valence electrons. The monoisotopic (exact) mass is 304 g/mol. The van der Waals surface area contributed by atoms with Crippen LogP contribution in [-0.2, 0) is 0 Å². The Morgan fingerprint density at radius 3 is 2.81 bits per heavy atom. The number of hydrazone groups is 1. The molecule has 0 spiro atoms. The van der Waals surface area contributed by atoms with Crippen molar-refractivity contribution >= 4 is 23.5 Å². The van der Waals surface area contributed by atoms with E-state index in [2.05, 4.69) is 10.5 Å².